The van der Waals surface area contributed by atoms with Gasteiger partial charge in [-0.25, -0.2) is 9.97 Å². The second kappa shape index (κ2) is 9.86. The van der Waals surface area contributed by atoms with E-state index in [1.54, 1.807) is 0 Å². The monoisotopic (exact) mass is 668 g/mol. The van der Waals surface area contributed by atoms with Gasteiger partial charge >= 0.3 is 0 Å². The quantitative estimate of drug-likeness (QED) is 0.184. The molecular formula is C47H32N4O. The SMILES string of the molecule is CC1(C)c2ccccc2-c2c1c1c(c3c2c2ccccc2n3-c2ccccc2)N(c2nc3c4c(cccc4n2)Oc2ccccc2-3)C2C=CC=C[C@H]12. The van der Waals surface area contributed by atoms with Gasteiger partial charge in [-0.1, -0.05) is 117 Å². The molecular weight excluding hydrogens is 637 g/mol. The van der Waals surface area contributed by atoms with Crippen molar-refractivity contribution in [1.29, 1.82) is 0 Å². The number of aromatic nitrogens is 3. The molecule has 246 valence electrons. The number of hydrogen-bond donors (Lipinski definition) is 0. The van der Waals surface area contributed by atoms with Crippen LogP contribution in [0.1, 0.15) is 36.5 Å². The Labute approximate surface area is 300 Å². The predicted molar refractivity (Wildman–Crippen MR) is 210 cm³/mol. The van der Waals surface area contributed by atoms with Gasteiger partial charge in [-0.15, -0.1) is 0 Å². The molecule has 4 aliphatic rings. The predicted octanol–water partition coefficient (Wildman–Crippen LogP) is 11.5. The molecule has 6 aromatic carbocycles. The summed E-state index contributed by atoms with van der Waals surface area (Å²) in [4.78, 5) is 13.4. The first-order chi connectivity index (χ1) is 25.6. The summed E-state index contributed by atoms with van der Waals surface area (Å²) in [6, 6.07) is 43.2. The number of benzene rings is 6. The Bertz CT molecular complexity index is 2930. The summed E-state index contributed by atoms with van der Waals surface area (Å²) in [6.45, 7) is 4.82. The Kier molecular flexibility index (Phi) is 5.36. The Morgan fingerprint density at radius 2 is 1.42 bits per heavy atom. The standard InChI is InChI=1S/C47H32N4O/c1-47(2)32-21-10-6-17-28(32)38-39-29-18-7-11-23-34(29)50(27-15-4-3-5-16-27)44(39)45-40(42(38)47)30-19-8-12-24-35(30)51(45)46-48-33-22-14-26-37-41(33)43(49-46)31-20-9-13-25-36(31)52-37/h3-26,30,35H,1-2H3/t30-,35?/m0/s1. The van der Waals surface area contributed by atoms with Gasteiger partial charge < -0.3 is 14.2 Å². The van der Waals surface area contributed by atoms with Crippen molar-refractivity contribution in [2.45, 2.75) is 31.2 Å². The lowest BCUT2D eigenvalue weighted by Crippen LogP contribution is -2.30. The highest BCUT2D eigenvalue weighted by atomic mass is 16.5. The molecule has 1 unspecified atom stereocenters. The lowest BCUT2D eigenvalue weighted by atomic mass is 9.76. The van der Waals surface area contributed by atoms with Crippen molar-refractivity contribution >= 4 is 44.3 Å². The summed E-state index contributed by atoms with van der Waals surface area (Å²) in [5.74, 6) is 2.41. The fourth-order valence-corrected chi connectivity index (χ4v) is 9.82. The number of para-hydroxylation sites is 3. The van der Waals surface area contributed by atoms with Crippen LogP contribution < -0.4 is 9.64 Å². The molecule has 4 heterocycles. The molecule has 8 aromatic rings. The van der Waals surface area contributed by atoms with Crippen LogP contribution in [0.2, 0.25) is 0 Å². The molecule has 0 radical (unpaired) electrons. The lowest BCUT2D eigenvalue weighted by molar-refractivity contribution is 0.486. The van der Waals surface area contributed by atoms with E-state index in [4.69, 9.17) is 14.7 Å². The van der Waals surface area contributed by atoms with E-state index in [0.717, 1.165) is 39.3 Å². The molecule has 12 rings (SSSR count). The van der Waals surface area contributed by atoms with Crippen LogP contribution in [-0.2, 0) is 5.41 Å². The van der Waals surface area contributed by atoms with E-state index >= 15 is 0 Å². The maximum absolute atomic E-state index is 6.40. The van der Waals surface area contributed by atoms with Gasteiger partial charge in [0.05, 0.1) is 39.4 Å². The van der Waals surface area contributed by atoms with E-state index in [-0.39, 0.29) is 17.4 Å². The molecule has 52 heavy (non-hydrogen) atoms. The zero-order valence-electron chi connectivity index (χ0n) is 28.7. The molecule has 0 bridgehead atoms. The average Bonchev–Trinajstić information content (AvgIpc) is 3.79. The van der Waals surface area contributed by atoms with Gasteiger partial charge in [-0.3, -0.25) is 0 Å². The molecule has 0 N–H and O–H groups in total. The first-order valence-electron chi connectivity index (χ1n) is 18.1. The van der Waals surface area contributed by atoms with Gasteiger partial charge in [0, 0.05) is 33.4 Å². The van der Waals surface area contributed by atoms with Gasteiger partial charge in [0.15, 0.2) is 0 Å². The van der Waals surface area contributed by atoms with Crippen molar-refractivity contribution in [2.24, 2.45) is 0 Å². The fraction of sp³-hybridized carbons (Fsp3) is 0.106. The van der Waals surface area contributed by atoms with Crippen LogP contribution >= 0.6 is 0 Å². The number of rotatable bonds is 2. The lowest BCUT2D eigenvalue weighted by Gasteiger charge is -2.29. The summed E-state index contributed by atoms with van der Waals surface area (Å²) in [5.41, 5.74) is 14.1. The fourth-order valence-electron chi connectivity index (χ4n) is 9.82. The zero-order valence-corrected chi connectivity index (χ0v) is 28.7. The molecule has 5 heteroatoms. The number of hydrogen-bond acceptors (Lipinski definition) is 4. The minimum atomic E-state index is -0.225. The Morgan fingerprint density at radius 1 is 0.673 bits per heavy atom. The van der Waals surface area contributed by atoms with Gasteiger partial charge in [0.25, 0.3) is 0 Å². The van der Waals surface area contributed by atoms with Crippen LogP contribution in [0, 0.1) is 0 Å². The highest BCUT2D eigenvalue weighted by Gasteiger charge is 2.49. The van der Waals surface area contributed by atoms with E-state index < -0.39 is 0 Å². The van der Waals surface area contributed by atoms with Gasteiger partial charge in [0.1, 0.15) is 11.5 Å². The smallest absolute Gasteiger partial charge is 0.231 e. The third-order valence-corrected chi connectivity index (χ3v) is 11.9. The Balaban J connectivity index is 1.29. The van der Waals surface area contributed by atoms with E-state index in [0.29, 0.717) is 5.95 Å². The van der Waals surface area contributed by atoms with Gasteiger partial charge in [-0.05, 0) is 70.3 Å². The maximum Gasteiger partial charge on any atom is 0.231 e. The minimum Gasteiger partial charge on any atom is -0.456 e. The van der Waals surface area contributed by atoms with Crippen molar-refractivity contribution in [3.05, 3.63) is 162 Å². The number of anilines is 2. The zero-order chi connectivity index (χ0) is 34.3. The largest absolute Gasteiger partial charge is 0.456 e. The third-order valence-electron chi connectivity index (χ3n) is 11.9. The summed E-state index contributed by atoms with van der Waals surface area (Å²) in [5, 5.41) is 3.49. The summed E-state index contributed by atoms with van der Waals surface area (Å²) < 4.78 is 8.89. The molecule has 0 spiro atoms. The molecule has 0 saturated carbocycles. The second-order valence-corrected chi connectivity index (χ2v) is 14.9. The Hall–Kier alpha value is -6.46. The van der Waals surface area contributed by atoms with E-state index in [2.05, 4.69) is 145 Å². The maximum atomic E-state index is 6.40. The molecule has 2 aromatic heterocycles. The molecule has 0 saturated heterocycles. The van der Waals surface area contributed by atoms with Crippen molar-refractivity contribution in [3.63, 3.8) is 0 Å². The summed E-state index contributed by atoms with van der Waals surface area (Å²) in [7, 11) is 0. The number of nitrogens with zero attached hydrogens (tertiary/aromatic N) is 4. The van der Waals surface area contributed by atoms with Crippen molar-refractivity contribution in [3.8, 4) is 39.6 Å². The molecule has 0 amide bonds. The van der Waals surface area contributed by atoms with Crippen LogP contribution in [0.15, 0.2) is 146 Å². The number of fused-ring (bicyclic) bond motifs is 14. The number of ether oxygens (including phenoxy) is 1. The summed E-state index contributed by atoms with van der Waals surface area (Å²) in [6.07, 6.45) is 9.16. The number of allylic oxidation sites excluding steroid dienone is 2. The van der Waals surface area contributed by atoms with Crippen LogP contribution in [0.3, 0.4) is 0 Å². The average molecular weight is 669 g/mol. The van der Waals surface area contributed by atoms with Crippen molar-refractivity contribution in [2.75, 3.05) is 4.90 Å². The van der Waals surface area contributed by atoms with E-state index in [1.165, 1.54) is 55.3 Å². The van der Waals surface area contributed by atoms with Crippen LogP contribution in [-0.4, -0.2) is 20.6 Å². The van der Waals surface area contributed by atoms with Crippen LogP contribution in [0.4, 0.5) is 11.6 Å². The second-order valence-electron chi connectivity index (χ2n) is 14.9. The summed E-state index contributed by atoms with van der Waals surface area (Å²) >= 11 is 0. The van der Waals surface area contributed by atoms with Crippen LogP contribution in [0.5, 0.6) is 11.5 Å². The minimum absolute atomic E-state index is 0.0145. The van der Waals surface area contributed by atoms with Gasteiger partial charge in [0.2, 0.25) is 5.95 Å². The normalized spacial score (nSPS) is 18.3. The van der Waals surface area contributed by atoms with Crippen molar-refractivity contribution < 1.29 is 4.74 Å². The molecule has 2 aliphatic heterocycles. The highest BCUT2D eigenvalue weighted by molar-refractivity contribution is 6.23. The molecule has 2 aliphatic carbocycles. The van der Waals surface area contributed by atoms with Gasteiger partial charge in [-0.2, -0.15) is 0 Å². The molecule has 5 nitrogen and oxygen atoms in total. The van der Waals surface area contributed by atoms with Crippen molar-refractivity contribution in [1.82, 2.24) is 14.5 Å². The van der Waals surface area contributed by atoms with E-state index in [9.17, 15) is 0 Å². The molecule has 2 atom stereocenters. The third kappa shape index (κ3) is 3.43. The molecule has 0 fully saturated rings. The first-order valence-corrected chi connectivity index (χ1v) is 18.1. The van der Waals surface area contributed by atoms with Crippen LogP contribution in [0.25, 0.3) is 60.8 Å². The van der Waals surface area contributed by atoms with E-state index in [1.807, 2.05) is 24.3 Å². The topological polar surface area (TPSA) is 43.2 Å². The Morgan fingerprint density at radius 3 is 2.33 bits per heavy atom. The highest BCUT2D eigenvalue weighted by Crippen LogP contribution is 2.63. The first kappa shape index (κ1) is 28.3.